The van der Waals surface area contributed by atoms with Gasteiger partial charge in [0.05, 0.1) is 5.57 Å². The minimum atomic E-state index is -0.134. The molecule has 0 unspecified atom stereocenters. The summed E-state index contributed by atoms with van der Waals surface area (Å²) in [5.74, 6) is 0.0193. The fraction of sp³-hybridized carbons (Fsp3) is 0.257. The number of Topliss-reactive ketones (excluding diaryl/α,β-unsaturated/α-hetero) is 1. The summed E-state index contributed by atoms with van der Waals surface area (Å²) in [5, 5.41) is 3.00. The van der Waals surface area contributed by atoms with Crippen molar-refractivity contribution in [2.24, 2.45) is 0 Å². The van der Waals surface area contributed by atoms with Crippen LogP contribution in [0.2, 0.25) is 0 Å². The van der Waals surface area contributed by atoms with Crippen LogP contribution in [-0.2, 0) is 4.79 Å². The lowest BCUT2D eigenvalue weighted by atomic mass is 9.96. The molecule has 0 atom stereocenters. The predicted molar refractivity (Wildman–Crippen MR) is 165 cm³/mol. The first kappa shape index (κ1) is 27.4. The Balaban J connectivity index is 1.40. The number of aromatic amines is 1. The average molecular weight is 532 g/mol. The predicted octanol–water partition coefficient (Wildman–Crippen LogP) is 7.76. The number of nitrogens with one attached hydrogen (secondary N) is 2. The van der Waals surface area contributed by atoms with Crippen molar-refractivity contribution in [1.82, 2.24) is 9.88 Å². The SMILES string of the molecule is CCN(CC)CCCC(=O)c1c(C)[nH]c(/C=C2\C(=O)Nc3ccc(-c4ccc(-c5ccccc5)cc4)cc32)c1C. The topological polar surface area (TPSA) is 65.2 Å². The summed E-state index contributed by atoms with van der Waals surface area (Å²) in [6.07, 6.45) is 3.24. The summed E-state index contributed by atoms with van der Waals surface area (Å²) in [7, 11) is 0. The highest BCUT2D eigenvalue weighted by atomic mass is 16.2. The van der Waals surface area contributed by atoms with Crippen molar-refractivity contribution < 1.29 is 9.59 Å². The monoisotopic (exact) mass is 531 g/mol. The van der Waals surface area contributed by atoms with Crippen LogP contribution in [0.1, 0.15) is 59.6 Å². The molecule has 1 aliphatic heterocycles. The second kappa shape index (κ2) is 11.9. The molecular weight excluding hydrogens is 494 g/mol. The number of amides is 1. The van der Waals surface area contributed by atoms with Crippen LogP contribution in [-0.4, -0.2) is 41.2 Å². The molecule has 1 aromatic heterocycles. The molecule has 4 aromatic rings. The standard InChI is InChI=1S/C35H37N3O2/c1-5-38(6-2)20-10-13-33(39)34-23(3)32(36-24(34)4)22-30-29-21-28(18-19-31(29)37-35(30)40)27-16-14-26(15-17-27)25-11-8-7-9-12-25/h7-9,11-12,14-19,21-22,36H,5-6,10,13,20H2,1-4H3,(H,37,40)/b30-22-. The highest BCUT2D eigenvalue weighted by Gasteiger charge is 2.26. The molecule has 5 nitrogen and oxygen atoms in total. The molecule has 2 N–H and O–H groups in total. The first-order chi connectivity index (χ1) is 19.4. The van der Waals surface area contributed by atoms with Crippen LogP contribution in [0.15, 0.2) is 72.8 Å². The van der Waals surface area contributed by atoms with E-state index in [2.05, 4.69) is 71.5 Å². The molecular formula is C35H37N3O2. The second-order valence-electron chi connectivity index (χ2n) is 10.4. The number of aryl methyl sites for hydroxylation is 1. The summed E-state index contributed by atoms with van der Waals surface area (Å²) < 4.78 is 0. The van der Waals surface area contributed by atoms with Gasteiger partial charge in [0, 0.05) is 34.6 Å². The zero-order valence-electron chi connectivity index (χ0n) is 23.8. The van der Waals surface area contributed by atoms with Gasteiger partial charge in [-0.1, -0.05) is 74.5 Å². The molecule has 0 saturated carbocycles. The van der Waals surface area contributed by atoms with Crippen molar-refractivity contribution in [2.45, 2.75) is 40.5 Å². The van der Waals surface area contributed by atoms with Crippen LogP contribution in [0.25, 0.3) is 33.9 Å². The number of aromatic nitrogens is 1. The maximum atomic E-state index is 13.1. The van der Waals surface area contributed by atoms with Crippen molar-refractivity contribution >= 4 is 29.0 Å². The molecule has 1 amide bonds. The minimum Gasteiger partial charge on any atom is -0.358 e. The van der Waals surface area contributed by atoms with Gasteiger partial charge in [0.2, 0.25) is 0 Å². The third-order valence-corrected chi connectivity index (χ3v) is 7.94. The number of rotatable bonds is 10. The smallest absolute Gasteiger partial charge is 0.256 e. The Hall–Kier alpha value is -4.22. The van der Waals surface area contributed by atoms with Gasteiger partial charge in [-0.25, -0.2) is 0 Å². The number of carbonyl (C=O) groups excluding carboxylic acids is 2. The van der Waals surface area contributed by atoms with Crippen molar-refractivity contribution in [1.29, 1.82) is 0 Å². The van der Waals surface area contributed by atoms with Gasteiger partial charge in [-0.15, -0.1) is 0 Å². The Morgan fingerprint density at radius 1 is 0.850 bits per heavy atom. The van der Waals surface area contributed by atoms with E-state index >= 15 is 0 Å². The van der Waals surface area contributed by atoms with Crippen molar-refractivity contribution in [3.8, 4) is 22.3 Å². The van der Waals surface area contributed by atoms with E-state index in [0.717, 1.165) is 70.9 Å². The van der Waals surface area contributed by atoms with Gasteiger partial charge in [-0.05, 0) is 85.9 Å². The Labute approximate surface area is 236 Å². The number of benzene rings is 3. The first-order valence-corrected chi connectivity index (χ1v) is 14.2. The van der Waals surface area contributed by atoms with Gasteiger partial charge in [-0.3, -0.25) is 9.59 Å². The zero-order chi connectivity index (χ0) is 28.2. The van der Waals surface area contributed by atoms with Crippen molar-refractivity contribution in [3.05, 3.63) is 101 Å². The van der Waals surface area contributed by atoms with E-state index in [9.17, 15) is 9.59 Å². The Bertz CT molecular complexity index is 1560. The first-order valence-electron chi connectivity index (χ1n) is 14.2. The lowest BCUT2D eigenvalue weighted by Gasteiger charge is -2.17. The molecule has 5 heteroatoms. The zero-order valence-corrected chi connectivity index (χ0v) is 23.8. The normalized spacial score (nSPS) is 13.6. The van der Waals surface area contributed by atoms with E-state index in [0.29, 0.717) is 12.0 Å². The van der Waals surface area contributed by atoms with Crippen molar-refractivity contribution in [3.63, 3.8) is 0 Å². The van der Waals surface area contributed by atoms with Crippen LogP contribution in [0.4, 0.5) is 5.69 Å². The summed E-state index contributed by atoms with van der Waals surface area (Å²) in [5.41, 5.74) is 10.0. The molecule has 204 valence electrons. The van der Waals surface area contributed by atoms with Gasteiger partial charge >= 0.3 is 0 Å². The molecule has 0 radical (unpaired) electrons. The fourth-order valence-electron chi connectivity index (χ4n) is 5.61. The number of carbonyl (C=O) groups is 2. The lowest BCUT2D eigenvalue weighted by Crippen LogP contribution is -2.24. The summed E-state index contributed by atoms with van der Waals surface area (Å²) >= 11 is 0. The molecule has 1 aliphatic rings. The number of ketones is 1. The molecule has 0 fully saturated rings. The number of fused-ring (bicyclic) bond motifs is 1. The molecule has 2 heterocycles. The molecule has 0 aliphatic carbocycles. The third kappa shape index (κ3) is 5.56. The number of hydrogen-bond acceptors (Lipinski definition) is 3. The van der Waals surface area contributed by atoms with Crippen LogP contribution in [0.5, 0.6) is 0 Å². The lowest BCUT2D eigenvalue weighted by molar-refractivity contribution is -0.110. The summed E-state index contributed by atoms with van der Waals surface area (Å²) in [6.45, 7) is 11.1. The Morgan fingerprint density at radius 3 is 2.15 bits per heavy atom. The van der Waals surface area contributed by atoms with E-state index in [4.69, 9.17) is 0 Å². The van der Waals surface area contributed by atoms with Crippen LogP contribution < -0.4 is 5.32 Å². The number of hydrogen-bond donors (Lipinski definition) is 2. The van der Waals surface area contributed by atoms with E-state index in [-0.39, 0.29) is 11.7 Å². The van der Waals surface area contributed by atoms with E-state index in [1.54, 1.807) is 0 Å². The van der Waals surface area contributed by atoms with Gasteiger partial charge in [-0.2, -0.15) is 0 Å². The minimum absolute atomic E-state index is 0.134. The Morgan fingerprint density at radius 2 is 1.48 bits per heavy atom. The molecule has 0 bridgehead atoms. The third-order valence-electron chi connectivity index (χ3n) is 7.94. The van der Waals surface area contributed by atoms with Crippen molar-refractivity contribution in [2.75, 3.05) is 25.0 Å². The number of nitrogens with zero attached hydrogens (tertiary/aromatic N) is 1. The second-order valence-corrected chi connectivity index (χ2v) is 10.4. The van der Waals surface area contributed by atoms with Gasteiger partial charge in [0.25, 0.3) is 5.91 Å². The maximum absolute atomic E-state index is 13.1. The summed E-state index contributed by atoms with van der Waals surface area (Å²) in [4.78, 5) is 31.9. The van der Waals surface area contributed by atoms with Crippen LogP contribution >= 0.6 is 0 Å². The molecule has 40 heavy (non-hydrogen) atoms. The van der Waals surface area contributed by atoms with Crippen LogP contribution in [0, 0.1) is 13.8 Å². The quantitative estimate of drug-likeness (QED) is 0.162. The highest BCUT2D eigenvalue weighted by molar-refractivity contribution is 6.35. The van der Waals surface area contributed by atoms with Gasteiger partial charge < -0.3 is 15.2 Å². The van der Waals surface area contributed by atoms with Gasteiger partial charge in [0.1, 0.15) is 0 Å². The van der Waals surface area contributed by atoms with E-state index in [1.165, 1.54) is 11.1 Å². The highest BCUT2D eigenvalue weighted by Crippen LogP contribution is 2.37. The molecule has 0 spiro atoms. The number of H-pyrrole nitrogens is 1. The fourth-order valence-corrected chi connectivity index (χ4v) is 5.61. The van der Waals surface area contributed by atoms with Crippen LogP contribution in [0.3, 0.4) is 0 Å². The largest absolute Gasteiger partial charge is 0.358 e. The summed E-state index contributed by atoms with van der Waals surface area (Å²) in [6, 6.07) is 24.9. The van der Waals surface area contributed by atoms with E-state index in [1.807, 2.05) is 50.3 Å². The Kier molecular flexibility index (Phi) is 8.13. The maximum Gasteiger partial charge on any atom is 0.256 e. The molecule has 3 aromatic carbocycles. The molecule has 5 rings (SSSR count). The average Bonchev–Trinajstić information content (AvgIpc) is 3.44. The number of anilines is 1. The molecule has 0 saturated heterocycles. The van der Waals surface area contributed by atoms with E-state index < -0.39 is 0 Å². The van der Waals surface area contributed by atoms with Gasteiger partial charge in [0.15, 0.2) is 5.78 Å².